The van der Waals surface area contributed by atoms with E-state index in [0.29, 0.717) is 11.1 Å². The Morgan fingerprint density at radius 1 is 1.14 bits per heavy atom. The van der Waals surface area contributed by atoms with Gasteiger partial charge in [0.15, 0.2) is 0 Å². The zero-order valence-electron chi connectivity index (χ0n) is 15.5. The largest absolute Gasteiger partial charge is 0.416 e. The van der Waals surface area contributed by atoms with Crippen LogP contribution in [-0.4, -0.2) is 21.9 Å². The molecule has 0 radical (unpaired) electrons. The standard InChI is InChI=1S/C21H23N3O2S2/c25-18(14-28-21-24-23-20(26-21)16-10-5-2-6-11-16)22-19(17-12-7-13-27-17)15-8-3-1-4-9-15/h1,3-4,7-9,12-13,16,19H,2,5-6,10-11,14H2,(H,22,25)/t19-/m0/s1. The number of carbonyl (C=O) groups is 1. The van der Waals surface area contributed by atoms with Gasteiger partial charge in [-0.2, -0.15) is 0 Å². The maximum Gasteiger partial charge on any atom is 0.277 e. The van der Waals surface area contributed by atoms with Crippen molar-refractivity contribution in [3.05, 3.63) is 64.2 Å². The smallest absolute Gasteiger partial charge is 0.277 e. The van der Waals surface area contributed by atoms with Gasteiger partial charge in [0.1, 0.15) is 0 Å². The average molecular weight is 414 g/mol. The van der Waals surface area contributed by atoms with E-state index >= 15 is 0 Å². The number of aromatic nitrogens is 2. The second-order valence-corrected chi connectivity index (χ2v) is 8.86. The molecule has 0 unspecified atom stereocenters. The molecule has 0 saturated heterocycles. The first-order chi connectivity index (χ1) is 13.8. The maximum atomic E-state index is 12.6. The molecule has 28 heavy (non-hydrogen) atoms. The number of amides is 1. The summed E-state index contributed by atoms with van der Waals surface area (Å²) >= 11 is 2.94. The first-order valence-electron chi connectivity index (χ1n) is 9.63. The highest BCUT2D eigenvalue weighted by Crippen LogP contribution is 2.33. The van der Waals surface area contributed by atoms with Crippen LogP contribution in [0.2, 0.25) is 0 Å². The predicted molar refractivity (Wildman–Crippen MR) is 112 cm³/mol. The van der Waals surface area contributed by atoms with Crippen LogP contribution < -0.4 is 5.32 Å². The summed E-state index contributed by atoms with van der Waals surface area (Å²) in [7, 11) is 0. The van der Waals surface area contributed by atoms with Gasteiger partial charge >= 0.3 is 0 Å². The molecular weight excluding hydrogens is 390 g/mol. The number of hydrogen-bond acceptors (Lipinski definition) is 6. The monoisotopic (exact) mass is 413 g/mol. The summed E-state index contributed by atoms with van der Waals surface area (Å²) < 4.78 is 5.80. The number of thioether (sulfide) groups is 1. The minimum atomic E-state index is -0.144. The van der Waals surface area contributed by atoms with Gasteiger partial charge in [-0.15, -0.1) is 21.5 Å². The highest BCUT2D eigenvalue weighted by atomic mass is 32.2. The minimum absolute atomic E-state index is 0.0512. The summed E-state index contributed by atoms with van der Waals surface area (Å²) in [5.41, 5.74) is 1.07. The predicted octanol–water partition coefficient (Wildman–Crippen LogP) is 5.18. The highest BCUT2D eigenvalue weighted by molar-refractivity contribution is 7.99. The topological polar surface area (TPSA) is 68.0 Å². The van der Waals surface area contributed by atoms with Crippen LogP contribution >= 0.6 is 23.1 Å². The van der Waals surface area contributed by atoms with Crippen LogP contribution in [0.25, 0.3) is 0 Å². The number of rotatable bonds is 7. The first kappa shape index (κ1) is 19.2. The van der Waals surface area contributed by atoms with Crippen molar-refractivity contribution in [1.82, 2.24) is 15.5 Å². The molecule has 2 heterocycles. The van der Waals surface area contributed by atoms with Crippen LogP contribution in [0.5, 0.6) is 0 Å². The zero-order chi connectivity index (χ0) is 19.2. The molecule has 5 nitrogen and oxygen atoms in total. The number of hydrogen-bond donors (Lipinski definition) is 1. The molecule has 7 heteroatoms. The van der Waals surface area contributed by atoms with Gasteiger partial charge in [0.25, 0.3) is 5.22 Å². The fraction of sp³-hybridized carbons (Fsp3) is 0.381. The molecule has 3 aromatic rings. The molecule has 0 spiro atoms. The van der Waals surface area contributed by atoms with Crippen molar-refractivity contribution in [1.29, 1.82) is 0 Å². The van der Waals surface area contributed by atoms with Crippen LogP contribution in [-0.2, 0) is 4.79 Å². The molecule has 146 valence electrons. The van der Waals surface area contributed by atoms with Gasteiger partial charge in [-0.1, -0.05) is 67.4 Å². The molecule has 1 aliphatic rings. The van der Waals surface area contributed by atoms with Crippen LogP contribution in [0, 0.1) is 0 Å². The van der Waals surface area contributed by atoms with Gasteiger partial charge in [-0.3, -0.25) is 4.79 Å². The van der Waals surface area contributed by atoms with E-state index in [1.54, 1.807) is 11.3 Å². The van der Waals surface area contributed by atoms with E-state index in [1.807, 2.05) is 47.8 Å². The van der Waals surface area contributed by atoms with Crippen molar-refractivity contribution in [3.8, 4) is 0 Å². The van der Waals surface area contributed by atoms with Crippen molar-refractivity contribution in [2.24, 2.45) is 0 Å². The zero-order valence-corrected chi connectivity index (χ0v) is 17.2. The summed E-state index contributed by atoms with van der Waals surface area (Å²) in [6.45, 7) is 0. The Morgan fingerprint density at radius 3 is 2.71 bits per heavy atom. The third-order valence-electron chi connectivity index (χ3n) is 4.97. The van der Waals surface area contributed by atoms with Gasteiger partial charge in [-0.25, -0.2) is 0 Å². The molecule has 1 N–H and O–H groups in total. The van der Waals surface area contributed by atoms with Crippen LogP contribution in [0.15, 0.2) is 57.5 Å². The molecule has 2 aromatic heterocycles. The molecule has 4 rings (SSSR count). The van der Waals surface area contributed by atoms with Gasteiger partial charge in [0.2, 0.25) is 11.8 Å². The van der Waals surface area contributed by atoms with Crippen molar-refractivity contribution in [2.45, 2.75) is 49.3 Å². The summed E-state index contributed by atoms with van der Waals surface area (Å²) in [4.78, 5) is 13.7. The Hall–Kier alpha value is -2.12. The number of nitrogens with zero attached hydrogens (tertiary/aromatic N) is 2. The summed E-state index contributed by atoms with van der Waals surface area (Å²) in [5.74, 6) is 1.31. The lowest BCUT2D eigenvalue weighted by atomic mass is 9.89. The lowest BCUT2D eigenvalue weighted by molar-refractivity contribution is -0.119. The number of carbonyl (C=O) groups excluding carboxylic acids is 1. The van der Waals surface area contributed by atoms with Gasteiger partial charge in [-0.05, 0) is 29.9 Å². The third-order valence-corrected chi connectivity index (χ3v) is 6.72. The Morgan fingerprint density at radius 2 is 1.96 bits per heavy atom. The normalized spacial score (nSPS) is 16.0. The molecule has 1 saturated carbocycles. The first-order valence-corrected chi connectivity index (χ1v) is 11.5. The van der Waals surface area contributed by atoms with Crippen molar-refractivity contribution in [3.63, 3.8) is 0 Å². The van der Waals surface area contributed by atoms with E-state index in [0.717, 1.165) is 29.2 Å². The lowest BCUT2D eigenvalue weighted by Crippen LogP contribution is -2.30. The Bertz CT molecular complexity index is 874. The summed E-state index contributed by atoms with van der Waals surface area (Å²) in [6.07, 6.45) is 5.97. The molecule has 1 atom stereocenters. The van der Waals surface area contributed by atoms with Gasteiger partial charge < -0.3 is 9.73 Å². The molecular formula is C21H23N3O2S2. The summed E-state index contributed by atoms with van der Waals surface area (Å²) in [6, 6.07) is 13.9. The second-order valence-electron chi connectivity index (χ2n) is 6.96. The Kier molecular flexibility index (Phi) is 6.44. The van der Waals surface area contributed by atoms with Crippen molar-refractivity contribution < 1.29 is 9.21 Å². The SMILES string of the molecule is O=C(CSc1nnc(C2CCCCC2)o1)N[C@@H](c1ccccc1)c1cccs1. The molecule has 0 bridgehead atoms. The Balaban J connectivity index is 1.36. The van der Waals surface area contributed by atoms with Crippen LogP contribution in [0.4, 0.5) is 0 Å². The molecule has 1 amide bonds. The van der Waals surface area contributed by atoms with E-state index in [9.17, 15) is 4.79 Å². The average Bonchev–Trinajstić information content (AvgIpc) is 3.44. The van der Waals surface area contributed by atoms with Crippen molar-refractivity contribution >= 4 is 29.0 Å². The van der Waals surface area contributed by atoms with E-state index < -0.39 is 0 Å². The van der Waals surface area contributed by atoms with E-state index in [-0.39, 0.29) is 17.7 Å². The minimum Gasteiger partial charge on any atom is -0.416 e. The Labute approximate surface area is 173 Å². The van der Waals surface area contributed by atoms with E-state index in [4.69, 9.17) is 4.42 Å². The maximum absolute atomic E-state index is 12.6. The number of benzene rings is 1. The number of thiophene rings is 1. The van der Waals surface area contributed by atoms with Gasteiger partial charge in [0, 0.05) is 10.8 Å². The van der Waals surface area contributed by atoms with E-state index in [1.165, 1.54) is 31.0 Å². The summed E-state index contributed by atoms with van der Waals surface area (Å²) in [5, 5.41) is 14.0. The quantitative estimate of drug-likeness (QED) is 0.541. The highest BCUT2D eigenvalue weighted by Gasteiger charge is 2.22. The van der Waals surface area contributed by atoms with Crippen molar-refractivity contribution in [2.75, 3.05) is 5.75 Å². The molecule has 1 aromatic carbocycles. The fourth-order valence-electron chi connectivity index (χ4n) is 3.54. The third kappa shape index (κ3) is 4.83. The van der Waals surface area contributed by atoms with Gasteiger partial charge in [0.05, 0.1) is 11.8 Å². The van der Waals surface area contributed by atoms with E-state index in [2.05, 4.69) is 15.5 Å². The second kappa shape index (κ2) is 9.39. The fourth-order valence-corrected chi connectivity index (χ4v) is 4.93. The lowest BCUT2D eigenvalue weighted by Gasteiger charge is -2.18. The van der Waals surface area contributed by atoms with Crippen LogP contribution in [0.3, 0.4) is 0 Å². The van der Waals surface area contributed by atoms with Crippen LogP contribution in [0.1, 0.15) is 60.4 Å². The molecule has 1 aliphatic carbocycles. The number of nitrogens with one attached hydrogen (secondary N) is 1. The molecule has 1 fully saturated rings. The molecule has 0 aliphatic heterocycles.